The Hall–Kier alpha value is -2.59. The van der Waals surface area contributed by atoms with Gasteiger partial charge in [0.05, 0.1) is 18.6 Å². The summed E-state index contributed by atoms with van der Waals surface area (Å²) in [7, 11) is -3.80. The van der Waals surface area contributed by atoms with E-state index in [1.807, 2.05) is 0 Å². The van der Waals surface area contributed by atoms with Crippen molar-refractivity contribution in [1.82, 2.24) is 4.31 Å². The van der Waals surface area contributed by atoms with Gasteiger partial charge in [0.2, 0.25) is 15.9 Å². The Balaban J connectivity index is 1.81. The highest BCUT2D eigenvalue weighted by molar-refractivity contribution is 7.89. The number of amides is 1. The average Bonchev–Trinajstić information content (AvgIpc) is 3.24. The van der Waals surface area contributed by atoms with Crippen LogP contribution in [0.2, 0.25) is 0 Å². The van der Waals surface area contributed by atoms with E-state index in [-0.39, 0.29) is 34.9 Å². The largest absolute Gasteiger partial charge is 0.492 e. The molecule has 0 unspecified atom stereocenters. The second kappa shape index (κ2) is 9.27. The quantitative estimate of drug-likeness (QED) is 0.682. The molecule has 0 radical (unpaired) electrons. The predicted molar refractivity (Wildman–Crippen MR) is 109 cm³/mol. The molecule has 0 aromatic heterocycles. The van der Waals surface area contributed by atoms with Gasteiger partial charge in [-0.05, 0) is 49.6 Å². The smallest absolute Gasteiger partial charge is 0.416 e. The maximum absolute atomic E-state index is 13.0. The summed E-state index contributed by atoms with van der Waals surface area (Å²) in [6.45, 7) is 2.83. The van der Waals surface area contributed by atoms with Crippen molar-refractivity contribution in [3.63, 3.8) is 0 Å². The molecule has 31 heavy (non-hydrogen) atoms. The molecule has 0 atom stereocenters. The molecule has 1 aliphatic rings. The second-order valence-electron chi connectivity index (χ2n) is 7.13. The van der Waals surface area contributed by atoms with E-state index >= 15 is 0 Å². The van der Waals surface area contributed by atoms with Crippen LogP contribution in [0.1, 0.15) is 30.9 Å². The van der Waals surface area contributed by atoms with Crippen molar-refractivity contribution in [2.24, 2.45) is 0 Å². The summed E-state index contributed by atoms with van der Waals surface area (Å²) in [4.78, 5) is 12.3. The van der Waals surface area contributed by atoms with Crippen molar-refractivity contribution in [3.8, 4) is 5.75 Å². The lowest BCUT2D eigenvalue weighted by molar-refractivity contribution is -0.137. The molecule has 1 heterocycles. The lowest BCUT2D eigenvalue weighted by atomic mass is 10.1. The molecule has 3 rings (SSSR count). The molecule has 2 aromatic carbocycles. The number of sulfonamides is 1. The Morgan fingerprint density at radius 3 is 2.48 bits per heavy atom. The van der Waals surface area contributed by atoms with Crippen molar-refractivity contribution in [3.05, 3.63) is 53.6 Å². The fraction of sp³-hybridized carbons (Fsp3) is 0.381. The molecule has 0 saturated carbocycles. The Kier molecular flexibility index (Phi) is 6.90. The summed E-state index contributed by atoms with van der Waals surface area (Å²) in [6.07, 6.45) is -3.24. The van der Waals surface area contributed by atoms with E-state index in [4.69, 9.17) is 4.74 Å². The van der Waals surface area contributed by atoms with E-state index in [9.17, 15) is 26.4 Å². The van der Waals surface area contributed by atoms with E-state index in [0.717, 1.165) is 25.0 Å². The van der Waals surface area contributed by atoms with E-state index in [1.165, 1.54) is 34.6 Å². The van der Waals surface area contributed by atoms with Gasteiger partial charge in [-0.2, -0.15) is 17.5 Å². The predicted octanol–water partition coefficient (Wildman–Crippen LogP) is 4.07. The first-order valence-corrected chi connectivity index (χ1v) is 11.3. The number of nitrogens with one attached hydrogen (secondary N) is 1. The van der Waals surface area contributed by atoms with Crippen molar-refractivity contribution in [1.29, 1.82) is 0 Å². The summed E-state index contributed by atoms with van der Waals surface area (Å²) >= 11 is 0. The summed E-state index contributed by atoms with van der Waals surface area (Å²) < 4.78 is 71.5. The lowest BCUT2D eigenvalue weighted by Gasteiger charge is -2.19. The number of carbonyl (C=O) groups is 1. The number of rotatable bonds is 7. The first-order chi connectivity index (χ1) is 14.6. The molecule has 10 heteroatoms. The fourth-order valence-electron chi connectivity index (χ4n) is 3.38. The summed E-state index contributed by atoms with van der Waals surface area (Å²) in [5.41, 5.74) is -0.417. The van der Waals surface area contributed by atoms with Gasteiger partial charge in [0.25, 0.3) is 0 Å². The first kappa shape index (κ1) is 23.1. The van der Waals surface area contributed by atoms with Crippen molar-refractivity contribution < 1.29 is 31.1 Å². The number of alkyl halides is 3. The number of hydrogen-bond donors (Lipinski definition) is 1. The number of halogens is 3. The molecule has 1 aliphatic heterocycles. The standard InChI is InChI=1S/C21H23F3N2O4S/c1-2-30-18-9-8-17(14-19(18)31(28,29)26-10-3-4-11-26)25-20(27)13-15-6-5-7-16(12-15)21(22,23)24/h5-9,12,14H,2-4,10-11,13H2,1H3,(H,25,27). The highest BCUT2D eigenvalue weighted by Gasteiger charge is 2.31. The van der Waals surface area contributed by atoms with Crippen molar-refractivity contribution in [2.45, 2.75) is 37.3 Å². The number of hydrogen-bond acceptors (Lipinski definition) is 4. The highest BCUT2D eigenvalue weighted by atomic mass is 32.2. The molecular formula is C21H23F3N2O4S. The van der Waals surface area contributed by atoms with Gasteiger partial charge in [-0.15, -0.1) is 0 Å². The molecule has 0 bridgehead atoms. The van der Waals surface area contributed by atoms with Gasteiger partial charge in [-0.1, -0.05) is 18.2 Å². The molecule has 168 valence electrons. The molecule has 1 amide bonds. The Morgan fingerprint density at radius 1 is 1.13 bits per heavy atom. The van der Waals surface area contributed by atoms with Crippen LogP contribution < -0.4 is 10.1 Å². The zero-order valence-electron chi connectivity index (χ0n) is 16.9. The minimum Gasteiger partial charge on any atom is -0.492 e. The van der Waals surface area contributed by atoms with Crippen LogP contribution in [-0.2, 0) is 27.4 Å². The van der Waals surface area contributed by atoms with Crippen LogP contribution >= 0.6 is 0 Å². The normalized spacial score (nSPS) is 15.1. The van der Waals surface area contributed by atoms with Crippen LogP contribution in [0.5, 0.6) is 5.75 Å². The Labute approximate surface area is 179 Å². The van der Waals surface area contributed by atoms with E-state index in [2.05, 4.69) is 5.32 Å². The van der Waals surface area contributed by atoms with Crippen LogP contribution in [0.4, 0.5) is 18.9 Å². The molecule has 1 N–H and O–H groups in total. The third-order valence-electron chi connectivity index (χ3n) is 4.83. The molecular weight excluding hydrogens is 433 g/mol. The van der Waals surface area contributed by atoms with Gasteiger partial charge in [-0.25, -0.2) is 8.42 Å². The van der Waals surface area contributed by atoms with Gasteiger partial charge >= 0.3 is 6.18 Å². The number of ether oxygens (including phenoxy) is 1. The monoisotopic (exact) mass is 456 g/mol. The topological polar surface area (TPSA) is 75.7 Å². The number of benzene rings is 2. The van der Waals surface area contributed by atoms with Gasteiger partial charge in [0, 0.05) is 18.8 Å². The van der Waals surface area contributed by atoms with Crippen LogP contribution in [0, 0.1) is 0 Å². The second-order valence-corrected chi connectivity index (χ2v) is 9.04. The van der Waals surface area contributed by atoms with Gasteiger partial charge < -0.3 is 10.1 Å². The molecule has 6 nitrogen and oxygen atoms in total. The molecule has 1 fully saturated rings. The van der Waals surface area contributed by atoms with Crippen molar-refractivity contribution in [2.75, 3.05) is 25.0 Å². The zero-order valence-corrected chi connectivity index (χ0v) is 17.7. The van der Waals surface area contributed by atoms with E-state index in [0.29, 0.717) is 13.1 Å². The van der Waals surface area contributed by atoms with Crippen LogP contribution in [-0.4, -0.2) is 38.3 Å². The SMILES string of the molecule is CCOc1ccc(NC(=O)Cc2cccc(C(F)(F)F)c2)cc1S(=O)(=O)N1CCCC1. The first-order valence-electron chi connectivity index (χ1n) is 9.84. The van der Waals surface area contributed by atoms with Gasteiger partial charge in [0.1, 0.15) is 10.6 Å². The van der Waals surface area contributed by atoms with Crippen LogP contribution in [0.3, 0.4) is 0 Å². The minimum atomic E-state index is -4.50. The molecule has 1 saturated heterocycles. The highest BCUT2D eigenvalue weighted by Crippen LogP contribution is 2.32. The maximum Gasteiger partial charge on any atom is 0.416 e. The minimum absolute atomic E-state index is 0.0480. The van der Waals surface area contributed by atoms with Crippen LogP contribution in [0.15, 0.2) is 47.4 Å². The van der Waals surface area contributed by atoms with E-state index < -0.39 is 27.7 Å². The Bertz CT molecular complexity index is 1050. The van der Waals surface area contributed by atoms with Gasteiger partial charge in [-0.3, -0.25) is 4.79 Å². The number of nitrogens with zero attached hydrogens (tertiary/aromatic N) is 1. The third kappa shape index (κ3) is 5.56. The lowest BCUT2D eigenvalue weighted by Crippen LogP contribution is -2.28. The fourth-order valence-corrected chi connectivity index (χ4v) is 5.05. The molecule has 0 aliphatic carbocycles. The Morgan fingerprint density at radius 2 is 1.84 bits per heavy atom. The number of anilines is 1. The maximum atomic E-state index is 13.0. The summed E-state index contributed by atoms with van der Waals surface area (Å²) in [6, 6.07) is 8.80. The van der Waals surface area contributed by atoms with E-state index in [1.54, 1.807) is 6.92 Å². The molecule has 2 aromatic rings. The van der Waals surface area contributed by atoms with Gasteiger partial charge in [0.15, 0.2) is 0 Å². The summed E-state index contributed by atoms with van der Waals surface area (Å²) in [5.74, 6) is -0.377. The van der Waals surface area contributed by atoms with Crippen LogP contribution in [0.25, 0.3) is 0 Å². The number of carbonyl (C=O) groups excluding carboxylic acids is 1. The summed E-state index contributed by atoms with van der Waals surface area (Å²) in [5, 5.41) is 2.56. The third-order valence-corrected chi connectivity index (χ3v) is 6.75. The zero-order chi connectivity index (χ0) is 22.6. The average molecular weight is 456 g/mol. The molecule has 0 spiro atoms. The van der Waals surface area contributed by atoms with Crippen molar-refractivity contribution >= 4 is 21.6 Å².